The van der Waals surface area contributed by atoms with E-state index in [1.165, 1.54) is 12.3 Å². The minimum atomic E-state index is -0.909. The first-order valence-electron chi connectivity index (χ1n) is 7.32. The molecule has 2 aromatic carbocycles. The molecule has 0 fully saturated rings. The van der Waals surface area contributed by atoms with Gasteiger partial charge in [-0.2, -0.15) is 5.10 Å². The number of amides is 2. The molecule has 25 heavy (non-hydrogen) atoms. The molecule has 0 aromatic heterocycles. The number of rotatable bonds is 5. The number of hydrazone groups is 1. The topological polar surface area (TPSA) is 79.8 Å². The van der Waals surface area contributed by atoms with Crippen LogP contribution in [0.5, 0.6) is 5.75 Å². The lowest BCUT2D eigenvalue weighted by molar-refractivity contribution is -0.136. The van der Waals surface area contributed by atoms with E-state index >= 15 is 0 Å². The second-order valence-electron chi connectivity index (χ2n) is 4.79. The van der Waals surface area contributed by atoms with Crippen LogP contribution in [-0.2, 0) is 9.59 Å². The Hall–Kier alpha value is -2.57. The third-order valence-corrected chi connectivity index (χ3v) is 3.45. The molecule has 0 aliphatic carbocycles. The van der Waals surface area contributed by atoms with E-state index in [2.05, 4.69) is 15.8 Å². The molecule has 2 rings (SSSR count). The molecule has 0 unspecified atom stereocenters. The highest BCUT2D eigenvalue weighted by Gasteiger charge is 2.12. The maximum Gasteiger partial charge on any atom is 0.329 e. The van der Waals surface area contributed by atoms with Crippen LogP contribution in [0.4, 0.5) is 5.69 Å². The molecule has 2 N–H and O–H groups in total. The quantitative estimate of drug-likeness (QED) is 0.474. The number of nitrogens with zero attached hydrogens (tertiary/aromatic N) is 1. The zero-order chi connectivity index (χ0) is 18.2. The summed E-state index contributed by atoms with van der Waals surface area (Å²) in [4.78, 5) is 23.5. The van der Waals surface area contributed by atoms with Gasteiger partial charge in [-0.25, -0.2) is 5.43 Å². The predicted octanol–water partition coefficient (Wildman–Crippen LogP) is 3.48. The van der Waals surface area contributed by atoms with E-state index in [0.29, 0.717) is 33.7 Å². The molecule has 0 aliphatic heterocycles. The van der Waals surface area contributed by atoms with Gasteiger partial charge >= 0.3 is 11.8 Å². The number of carbonyl (C=O) groups excluding carboxylic acids is 2. The standard InChI is InChI=1S/C17H15Cl2N3O3/c1-2-25-15-7-6-11(8-14(15)19)10-20-22-17(24)16(23)21-13-5-3-4-12(18)9-13/h3-10H,2H2,1H3,(H,21,23)(H,22,24)/b20-10-. The van der Waals surface area contributed by atoms with Crippen LogP contribution >= 0.6 is 23.2 Å². The first kappa shape index (κ1) is 18.8. The first-order valence-corrected chi connectivity index (χ1v) is 8.07. The van der Waals surface area contributed by atoms with Gasteiger partial charge in [0.2, 0.25) is 0 Å². The summed E-state index contributed by atoms with van der Waals surface area (Å²) in [5.41, 5.74) is 3.19. The Morgan fingerprint density at radius 3 is 2.64 bits per heavy atom. The molecule has 0 bridgehead atoms. The normalized spacial score (nSPS) is 10.5. The molecule has 0 saturated carbocycles. The summed E-state index contributed by atoms with van der Waals surface area (Å²) in [6.45, 7) is 2.36. The van der Waals surface area contributed by atoms with Gasteiger partial charge in [0.15, 0.2) is 0 Å². The Kier molecular flexibility index (Phi) is 6.80. The van der Waals surface area contributed by atoms with Gasteiger partial charge in [-0.3, -0.25) is 9.59 Å². The van der Waals surface area contributed by atoms with Gasteiger partial charge in [0.05, 0.1) is 17.8 Å². The van der Waals surface area contributed by atoms with E-state index in [1.807, 2.05) is 6.92 Å². The van der Waals surface area contributed by atoms with Gasteiger partial charge in [0.1, 0.15) is 5.75 Å². The minimum absolute atomic E-state index is 0.412. The Labute approximate surface area is 154 Å². The lowest BCUT2D eigenvalue weighted by Crippen LogP contribution is -2.32. The molecule has 0 radical (unpaired) electrons. The number of carbonyl (C=O) groups is 2. The molecule has 6 nitrogen and oxygen atoms in total. The van der Waals surface area contributed by atoms with Crippen LogP contribution < -0.4 is 15.5 Å². The zero-order valence-corrected chi connectivity index (χ0v) is 14.8. The smallest absolute Gasteiger partial charge is 0.329 e. The summed E-state index contributed by atoms with van der Waals surface area (Å²) in [5, 5.41) is 7.02. The molecule has 0 heterocycles. The summed E-state index contributed by atoms with van der Waals surface area (Å²) in [6, 6.07) is 11.5. The number of hydrogen-bond donors (Lipinski definition) is 2. The molecular formula is C17H15Cl2N3O3. The van der Waals surface area contributed by atoms with Gasteiger partial charge in [-0.05, 0) is 48.9 Å². The van der Waals surface area contributed by atoms with E-state index in [1.54, 1.807) is 36.4 Å². The molecule has 2 aromatic rings. The number of nitrogens with one attached hydrogen (secondary N) is 2. The third-order valence-electron chi connectivity index (χ3n) is 2.92. The summed E-state index contributed by atoms with van der Waals surface area (Å²) < 4.78 is 5.32. The highest BCUT2D eigenvalue weighted by molar-refractivity contribution is 6.39. The minimum Gasteiger partial charge on any atom is -0.492 e. The fourth-order valence-corrected chi connectivity index (χ4v) is 2.27. The van der Waals surface area contributed by atoms with Crippen LogP contribution in [0.2, 0.25) is 10.0 Å². The van der Waals surface area contributed by atoms with E-state index in [9.17, 15) is 9.59 Å². The second-order valence-corrected chi connectivity index (χ2v) is 5.63. The summed E-state index contributed by atoms with van der Waals surface area (Å²) in [6.07, 6.45) is 1.37. The summed E-state index contributed by atoms with van der Waals surface area (Å²) >= 11 is 11.9. The fourth-order valence-electron chi connectivity index (χ4n) is 1.84. The van der Waals surface area contributed by atoms with Crippen molar-refractivity contribution in [3.63, 3.8) is 0 Å². The van der Waals surface area contributed by atoms with Crippen molar-refractivity contribution in [1.29, 1.82) is 0 Å². The maximum atomic E-state index is 11.8. The Bertz CT molecular complexity index is 809. The van der Waals surface area contributed by atoms with Crippen molar-refractivity contribution >= 4 is 46.9 Å². The van der Waals surface area contributed by atoms with E-state index in [4.69, 9.17) is 27.9 Å². The van der Waals surface area contributed by atoms with Crippen LogP contribution in [-0.4, -0.2) is 24.6 Å². The van der Waals surface area contributed by atoms with Crippen molar-refractivity contribution < 1.29 is 14.3 Å². The number of hydrogen-bond acceptors (Lipinski definition) is 4. The van der Waals surface area contributed by atoms with Gasteiger partial charge < -0.3 is 10.1 Å². The van der Waals surface area contributed by atoms with Gasteiger partial charge in [-0.15, -0.1) is 0 Å². The molecule has 2 amide bonds. The van der Waals surface area contributed by atoms with E-state index in [-0.39, 0.29) is 0 Å². The molecular weight excluding hydrogens is 365 g/mol. The Morgan fingerprint density at radius 2 is 1.96 bits per heavy atom. The van der Waals surface area contributed by atoms with Gasteiger partial charge in [0, 0.05) is 10.7 Å². The molecule has 130 valence electrons. The van der Waals surface area contributed by atoms with Crippen LogP contribution in [0.3, 0.4) is 0 Å². The maximum absolute atomic E-state index is 11.8. The number of halogens is 2. The van der Waals surface area contributed by atoms with Crippen molar-refractivity contribution in [2.24, 2.45) is 5.10 Å². The largest absolute Gasteiger partial charge is 0.492 e. The fraction of sp³-hybridized carbons (Fsp3) is 0.118. The van der Waals surface area contributed by atoms with Crippen molar-refractivity contribution in [3.05, 3.63) is 58.1 Å². The zero-order valence-electron chi connectivity index (χ0n) is 13.3. The monoisotopic (exact) mass is 379 g/mol. The number of ether oxygens (including phenoxy) is 1. The lowest BCUT2D eigenvalue weighted by atomic mass is 10.2. The van der Waals surface area contributed by atoms with Gasteiger partial charge in [0.25, 0.3) is 0 Å². The van der Waals surface area contributed by atoms with Crippen LogP contribution in [0.25, 0.3) is 0 Å². The molecule has 0 atom stereocenters. The summed E-state index contributed by atoms with van der Waals surface area (Å²) in [7, 11) is 0. The predicted molar refractivity (Wildman–Crippen MR) is 98.4 cm³/mol. The Balaban J connectivity index is 1.91. The van der Waals surface area contributed by atoms with E-state index in [0.717, 1.165) is 0 Å². The number of anilines is 1. The van der Waals surface area contributed by atoms with E-state index < -0.39 is 11.8 Å². The van der Waals surface area contributed by atoms with Crippen molar-refractivity contribution in [2.45, 2.75) is 6.92 Å². The highest BCUT2D eigenvalue weighted by atomic mass is 35.5. The Morgan fingerprint density at radius 1 is 1.16 bits per heavy atom. The lowest BCUT2D eigenvalue weighted by Gasteiger charge is -2.05. The van der Waals surface area contributed by atoms with Crippen molar-refractivity contribution in [1.82, 2.24) is 5.43 Å². The SMILES string of the molecule is CCOc1ccc(/C=N\NC(=O)C(=O)Nc2cccc(Cl)c2)cc1Cl. The first-order chi connectivity index (χ1) is 12.0. The highest BCUT2D eigenvalue weighted by Crippen LogP contribution is 2.24. The van der Waals surface area contributed by atoms with Crippen molar-refractivity contribution in [2.75, 3.05) is 11.9 Å². The average Bonchev–Trinajstić information content (AvgIpc) is 2.57. The second kappa shape index (κ2) is 9.05. The van der Waals surface area contributed by atoms with Crippen LogP contribution in [0.15, 0.2) is 47.6 Å². The summed E-state index contributed by atoms with van der Waals surface area (Å²) in [5.74, 6) is -1.20. The average molecular weight is 380 g/mol. The molecule has 8 heteroatoms. The molecule has 0 spiro atoms. The molecule has 0 aliphatic rings. The number of benzene rings is 2. The van der Waals surface area contributed by atoms with Crippen LogP contribution in [0, 0.1) is 0 Å². The van der Waals surface area contributed by atoms with Crippen molar-refractivity contribution in [3.8, 4) is 5.75 Å². The third kappa shape index (κ3) is 5.77. The molecule has 0 saturated heterocycles. The van der Waals surface area contributed by atoms with Gasteiger partial charge in [-0.1, -0.05) is 29.3 Å². The van der Waals surface area contributed by atoms with Crippen LogP contribution in [0.1, 0.15) is 12.5 Å².